The van der Waals surface area contributed by atoms with Crippen molar-refractivity contribution in [3.8, 4) is 11.1 Å². The van der Waals surface area contributed by atoms with Crippen molar-refractivity contribution in [3.05, 3.63) is 48.5 Å². The van der Waals surface area contributed by atoms with Crippen LogP contribution in [-0.2, 0) is 27.2 Å². The largest absolute Gasteiger partial charge is 0.361 e. The monoisotopic (exact) mass is 426 g/mol. The molecule has 0 N–H and O–H groups in total. The molecule has 0 saturated heterocycles. The summed E-state index contributed by atoms with van der Waals surface area (Å²) in [5, 5.41) is 1.04. The van der Waals surface area contributed by atoms with Crippen molar-refractivity contribution in [1.29, 1.82) is 0 Å². The Hall–Kier alpha value is -1.26. The Kier molecular flexibility index (Phi) is 8.63. The van der Waals surface area contributed by atoms with Crippen LogP contribution in [0.5, 0.6) is 0 Å². The summed E-state index contributed by atoms with van der Waals surface area (Å²) in [6, 6.07) is 14.4. The number of benzene rings is 2. The van der Waals surface area contributed by atoms with E-state index < -0.39 is 15.2 Å². The van der Waals surface area contributed by atoms with Gasteiger partial charge in [0.15, 0.2) is 0 Å². The molecule has 28 heavy (non-hydrogen) atoms. The molecular weight excluding hydrogens is 398 g/mol. The van der Waals surface area contributed by atoms with Crippen LogP contribution in [0.15, 0.2) is 48.5 Å². The predicted molar refractivity (Wildman–Crippen MR) is 113 cm³/mol. The van der Waals surface area contributed by atoms with E-state index in [9.17, 15) is 9.13 Å². The lowest BCUT2D eigenvalue weighted by Gasteiger charge is -2.18. The van der Waals surface area contributed by atoms with Gasteiger partial charge in [-0.1, -0.05) is 24.3 Å². The molecule has 0 atom stereocenters. The smallest absolute Gasteiger partial charge is 0.305 e. The van der Waals surface area contributed by atoms with E-state index >= 15 is 0 Å². The Labute approximate surface area is 167 Å². The van der Waals surface area contributed by atoms with Crippen molar-refractivity contribution < 1.29 is 27.2 Å². The minimum Gasteiger partial charge on any atom is -0.305 e. The van der Waals surface area contributed by atoms with E-state index in [1.807, 2.05) is 24.3 Å². The molecule has 0 heterocycles. The molecule has 2 rings (SSSR count). The summed E-state index contributed by atoms with van der Waals surface area (Å²) < 4.78 is 47.2. The Morgan fingerprint density at radius 3 is 1.00 bits per heavy atom. The van der Waals surface area contributed by atoms with Crippen LogP contribution in [0.2, 0.25) is 0 Å². The molecule has 2 aromatic carbocycles. The zero-order chi connectivity index (χ0) is 20.6. The lowest BCUT2D eigenvalue weighted by Crippen LogP contribution is -2.11. The quantitative estimate of drug-likeness (QED) is 0.464. The van der Waals surface area contributed by atoms with Crippen LogP contribution >= 0.6 is 15.2 Å². The molecule has 0 aromatic heterocycles. The highest BCUT2D eigenvalue weighted by atomic mass is 31.2. The molecule has 0 aliphatic rings. The van der Waals surface area contributed by atoms with Crippen molar-refractivity contribution in [2.24, 2.45) is 0 Å². The maximum Gasteiger partial charge on any atom is 0.361 e. The summed E-state index contributed by atoms with van der Waals surface area (Å²) in [5.41, 5.74) is 1.86. The minimum atomic E-state index is -3.30. The van der Waals surface area contributed by atoms with E-state index in [1.54, 1.807) is 52.0 Å². The van der Waals surface area contributed by atoms with Crippen molar-refractivity contribution in [1.82, 2.24) is 0 Å². The molecule has 0 amide bonds. The fraction of sp³-hybridized carbons (Fsp3) is 0.400. The summed E-state index contributed by atoms with van der Waals surface area (Å²) in [4.78, 5) is 0. The van der Waals surface area contributed by atoms with Crippen LogP contribution in [0.3, 0.4) is 0 Å². The highest BCUT2D eigenvalue weighted by Crippen LogP contribution is 2.48. The highest BCUT2D eigenvalue weighted by Gasteiger charge is 2.27. The van der Waals surface area contributed by atoms with E-state index in [2.05, 4.69) is 0 Å². The summed E-state index contributed by atoms with van der Waals surface area (Å²) >= 11 is 0. The van der Waals surface area contributed by atoms with Gasteiger partial charge in [-0.25, -0.2) is 0 Å². The zero-order valence-corrected chi connectivity index (χ0v) is 18.6. The number of hydrogen-bond donors (Lipinski definition) is 0. The molecule has 0 spiro atoms. The average Bonchev–Trinajstić information content (AvgIpc) is 2.69. The lowest BCUT2D eigenvalue weighted by molar-refractivity contribution is 0.229. The first kappa shape index (κ1) is 23.0. The predicted octanol–water partition coefficient (Wildman–Crippen LogP) is 5.14. The third-order valence-electron chi connectivity index (χ3n) is 3.90. The second-order valence-corrected chi connectivity index (χ2v) is 9.82. The van der Waals surface area contributed by atoms with Crippen molar-refractivity contribution in [3.63, 3.8) is 0 Å². The molecule has 6 nitrogen and oxygen atoms in total. The molecule has 0 aliphatic carbocycles. The Morgan fingerprint density at radius 1 is 0.536 bits per heavy atom. The van der Waals surface area contributed by atoms with E-state index in [0.29, 0.717) is 37.0 Å². The summed E-state index contributed by atoms with van der Waals surface area (Å²) in [6.45, 7) is 8.35. The standard InChI is InChI=1S/C20H28O6P2/c1-5-23-27(21,24-6-2)19-13-9-17(10-14-19)18-11-15-20(16-12-18)28(22,25-7-3)26-8-4/h9-16H,5-8H2,1-4H3. The van der Waals surface area contributed by atoms with Gasteiger partial charge in [0.25, 0.3) is 0 Å². The van der Waals surface area contributed by atoms with Gasteiger partial charge in [0.2, 0.25) is 0 Å². The second kappa shape index (κ2) is 10.5. The Morgan fingerprint density at radius 2 is 0.786 bits per heavy atom. The Balaban J connectivity index is 2.27. The molecule has 0 saturated carbocycles. The zero-order valence-electron chi connectivity index (χ0n) is 16.8. The van der Waals surface area contributed by atoms with Gasteiger partial charge < -0.3 is 18.1 Å². The van der Waals surface area contributed by atoms with Gasteiger partial charge in [0.1, 0.15) is 0 Å². The molecule has 0 radical (unpaired) electrons. The van der Waals surface area contributed by atoms with Gasteiger partial charge in [0.05, 0.1) is 37.0 Å². The summed E-state index contributed by atoms with van der Waals surface area (Å²) in [7, 11) is -6.60. The van der Waals surface area contributed by atoms with Crippen molar-refractivity contribution >= 4 is 25.8 Å². The van der Waals surface area contributed by atoms with Crippen LogP contribution in [0.1, 0.15) is 27.7 Å². The van der Waals surface area contributed by atoms with Gasteiger partial charge in [0, 0.05) is 0 Å². The van der Waals surface area contributed by atoms with E-state index in [-0.39, 0.29) is 0 Å². The van der Waals surface area contributed by atoms with Crippen LogP contribution in [0, 0.1) is 0 Å². The fourth-order valence-electron chi connectivity index (χ4n) is 2.73. The topological polar surface area (TPSA) is 71.1 Å². The first-order chi connectivity index (χ1) is 13.4. The third kappa shape index (κ3) is 5.42. The molecule has 0 bridgehead atoms. The van der Waals surface area contributed by atoms with Crippen LogP contribution in [0.4, 0.5) is 0 Å². The minimum absolute atomic E-state index is 0.306. The third-order valence-corrected chi connectivity index (χ3v) is 8.15. The molecule has 0 aliphatic heterocycles. The average molecular weight is 426 g/mol. The number of rotatable bonds is 11. The Bertz CT molecular complexity index is 741. The van der Waals surface area contributed by atoms with Crippen molar-refractivity contribution in [2.45, 2.75) is 27.7 Å². The highest BCUT2D eigenvalue weighted by molar-refractivity contribution is 7.62. The maximum absolute atomic E-state index is 12.8. The molecule has 0 unspecified atom stereocenters. The van der Waals surface area contributed by atoms with E-state index in [1.165, 1.54) is 0 Å². The fourth-order valence-corrected chi connectivity index (χ4v) is 5.86. The van der Waals surface area contributed by atoms with Gasteiger partial charge in [-0.2, -0.15) is 0 Å². The first-order valence-electron chi connectivity index (χ1n) is 9.42. The van der Waals surface area contributed by atoms with E-state index in [0.717, 1.165) is 11.1 Å². The SMILES string of the molecule is CCOP(=O)(OCC)c1ccc(-c2ccc(P(=O)(OCC)OCC)cc2)cc1. The molecule has 2 aromatic rings. The van der Waals surface area contributed by atoms with Gasteiger partial charge >= 0.3 is 15.2 Å². The molecule has 0 fully saturated rings. The summed E-state index contributed by atoms with van der Waals surface area (Å²) in [5.74, 6) is 0. The molecule has 154 valence electrons. The van der Waals surface area contributed by atoms with Gasteiger partial charge in [-0.15, -0.1) is 0 Å². The van der Waals surface area contributed by atoms with Crippen molar-refractivity contribution in [2.75, 3.05) is 26.4 Å². The maximum atomic E-state index is 12.8. The van der Waals surface area contributed by atoms with E-state index in [4.69, 9.17) is 18.1 Å². The molecule has 8 heteroatoms. The molecular formula is C20H28O6P2. The van der Waals surface area contributed by atoms with Crippen LogP contribution in [-0.4, -0.2) is 26.4 Å². The van der Waals surface area contributed by atoms with Gasteiger partial charge in [-0.05, 0) is 63.1 Å². The summed E-state index contributed by atoms with van der Waals surface area (Å²) in [6.07, 6.45) is 0. The van der Waals surface area contributed by atoms with Gasteiger partial charge in [-0.3, -0.25) is 9.13 Å². The van der Waals surface area contributed by atoms with Crippen LogP contribution in [0.25, 0.3) is 11.1 Å². The normalized spacial score (nSPS) is 12.3. The number of hydrogen-bond acceptors (Lipinski definition) is 6. The lowest BCUT2D eigenvalue weighted by atomic mass is 10.1. The van der Waals surface area contributed by atoms with Crippen LogP contribution < -0.4 is 10.6 Å². The first-order valence-corrected chi connectivity index (χ1v) is 12.5. The second-order valence-electron chi connectivity index (χ2n) is 5.76.